The van der Waals surface area contributed by atoms with Crippen molar-refractivity contribution in [2.45, 2.75) is 6.92 Å². The highest BCUT2D eigenvalue weighted by molar-refractivity contribution is 14.1. The number of carbonyl (C=O) groups is 2. The minimum Gasteiger partial charge on any atom is -0.461 e. The number of anilines is 2. The topological polar surface area (TPSA) is 90.4 Å². The number of ether oxygens (including phenoxy) is 1. The molecule has 0 aliphatic carbocycles. The molecular weight excluding hydrogens is 437 g/mol. The molecule has 128 valence electrons. The highest BCUT2D eigenvalue weighted by Crippen LogP contribution is 2.33. The van der Waals surface area contributed by atoms with Gasteiger partial charge in [0.15, 0.2) is 23.1 Å². The fraction of sp³-hybridized carbons (Fsp3) is 0.214. The highest BCUT2D eigenvalue weighted by atomic mass is 127. The van der Waals surface area contributed by atoms with Gasteiger partial charge in [0, 0.05) is 10.6 Å². The third-order valence-electron chi connectivity index (χ3n) is 3.02. The number of carbonyl (C=O) groups excluding carboxylic acids is 2. The van der Waals surface area contributed by atoms with E-state index in [0.717, 1.165) is 12.1 Å². The van der Waals surface area contributed by atoms with Gasteiger partial charge < -0.3 is 15.0 Å². The van der Waals surface area contributed by atoms with Crippen LogP contribution in [0.5, 0.6) is 0 Å². The van der Waals surface area contributed by atoms with E-state index in [0.29, 0.717) is 8.47 Å². The smallest absolute Gasteiger partial charge is 0.358 e. The van der Waals surface area contributed by atoms with Crippen LogP contribution >= 0.6 is 22.6 Å². The number of urea groups is 1. The summed E-state index contributed by atoms with van der Waals surface area (Å²) < 4.78 is 34.9. The lowest BCUT2D eigenvalue weighted by Gasteiger charge is -2.21. The van der Waals surface area contributed by atoms with Gasteiger partial charge in [-0.25, -0.2) is 28.3 Å². The highest BCUT2D eigenvalue weighted by Gasteiger charge is 2.31. The molecule has 0 atom stereocenters. The predicted molar refractivity (Wildman–Crippen MR) is 90.0 cm³/mol. The molecule has 1 heterocycles. The molecule has 0 unspecified atom stereocenters. The second-order valence-electron chi connectivity index (χ2n) is 4.64. The molecule has 0 aliphatic heterocycles. The summed E-state index contributed by atoms with van der Waals surface area (Å²) in [5, 5.41) is 0. The number of benzene rings is 1. The summed E-state index contributed by atoms with van der Waals surface area (Å²) in [6.07, 6.45) is 1.21. The summed E-state index contributed by atoms with van der Waals surface area (Å²) in [7, 11) is 1.47. The van der Waals surface area contributed by atoms with Gasteiger partial charge in [-0.05, 0) is 41.6 Å². The van der Waals surface area contributed by atoms with Crippen molar-refractivity contribution >= 4 is 46.1 Å². The molecule has 0 fully saturated rings. The number of aromatic nitrogens is 2. The number of primary amides is 1. The zero-order chi connectivity index (χ0) is 18.0. The first-order valence-electron chi connectivity index (χ1n) is 6.70. The van der Waals surface area contributed by atoms with Gasteiger partial charge in [0.25, 0.3) is 0 Å². The number of nitrogens with zero attached hydrogens (tertiary/aromatic N) is 3. The van der Waals surface area contributed by atoms with Crippen molar-refractivity contribution in [3.8, 4) is 0 Å². The Labute approximate surface area is 149 Å². The summed E-state index contributed by atoms with van der Waals surface area (Å²) in [5.41, 5.74) is 4.40. The van der Waals surface area contributed by atoms with Crippen LogP contribution in [0.4, 0.5) is 25.1 Å². The summed E-state index contributed by atoms with van der Waals surface area (Å²) in [4.78, 5) is 28.3. The van der Waals surface area contributed by atoms with Crippen molar-refractivity contribution in [3.05, 3.63) is 39.4 Å². The quantitative estimate of drug-likeness (QED) is 0.573. The number of aryl methyl sites for hydroxylation is 1. The normalized spacial score (nSPS) is 10.5. The van der Waals surface area contributed by atoms with E-state index in [1.54, 1.807) is 29.5 Å². The van der Waals surface area contributed by atoms with Crippen molar-refractivity contribution in [3.63, 3.8) is 0 Å². The van der Waals surface area contributed by atoms with Crippen molar-refractivity contribution < 1.29 is 23.1 Å². The molecule has 1 aromatic heterocycles. The Bertz CT molecular complexity index is 786. The van der Waals surface area contributed by atoms with Crippen LogP contribution in [0.3, 0.4) is 0 Å². The van der Waals surface area contributed by atoms with E-state index < -0.39 is 29.3 Å². The average Bonchev–Trinajstić information content (AvgIpc) is 2.83. The lowest BCUT2D eigenvalue weighted by Crippen LogP contribution is -2.34. The Balaban J connectivity index is 2.67. The fourth-order valence-corrected chi connectivity index (χ4v) is 2.63. The molecule has 0 saturated heterocycles. The maximum absolute atomic E-state index is 14.3. The van der Waals surface area contributed by atoms with Gasteiger partial charge in [0.1, 0.15) is 5.69 Å². The van der Waals surface area contributed by atoms with E-state index in [-0.39, 0.29) is 18.1 Å². The minimum atomic E-state index is -1.20. The number of hydrogen-bond donors (Lipinski definition) is 1. The molecule has 2 N–H and O–H groups in total. The molecule has 0 radical (unpaired) electrons. The van der Waals surface area contributed by atoms with Crippen LogP contribution in [0.25, 0.3) is 0 Å². The number of imidazole rings is 1. The van der Waals surface area contributed by atoms with E-state index in [2.05, 4.69) is 4.98 Å². The number of amides is 2. The number of rotatable bonds is 4. The van der Waals surface area contributed by atoms with Crippen LogP contribution in [-0.2, 0) is 11.8 Å². The minimum absolute atomic E-state index is 0.0757. The number of nitrogens with two attached hydrogens (primary N) is 1. The molecular formula is C14H13F2IN4O3. The molecule has 1 aromatic carbocycles. The first kappa shape index (κ1) is 18.1. The van der Waals surface area contributed by atoms with Crippen LogP contribution < -0.4 is 10.6 Å². The van der Waals surface area contributed by atoms with Crippen molar-refractivity contribution in [2.24, 2.45) is 12.8 Å². The van der Waals surface area contributed by atoms with Gasteiger partial charge in [0.2, 0.25) is 0 Å². The summed E-state index contributed by atoms with van der Waals surface area (Å²) >= 11 is 1.73. The molecule has 7 nitrogen and oxygen atoms in total. The zero-order valence-electron chi connectivity index (χ0n) is 12.7. The van der Waals surface area contributed by atoms with E-state index >= 15 is 0 Å². The molecule has 10 heteroatoms. The Hall–Kier alpha value is -2.24. The van der Waals surface area contributed by atoms with E-state index in [1.165, 1.54) is 17.9 Å². The number of halogens is 3. The first-order chi connectivity index (χ1) is 11.3. The molecule has 0 spiro atoms. The van der Waals surface area contributed by atoms with Gasteiger partial charge in [-0.2, -0.15) is 0 Å². The largest absolute Gasteiger partial charge is 0.461 e. The summed E-state index contributed by atoms with van der Waals surface area (Å²) in [5.74, 6) is -3.15. The molecule has 2 rings (SSSR count). The molecule has 0 aliphatic rings. The zero-order valence-corrected chi connectivity index (χ0v) is 14.9. The van der Waals surface area contributed by atoms with Crippen molar-refractivity contribution in [1.82, 2.24) is 9.55 Å². The number of hydrogen-bond acceptors (Lipinski definition) is 4. The van der Waals surface area contributed by atoms with Crippen LogP contribution in [-0.4, -0.2) is 28.2 Å². The third-order valence-corrected chi connectivity index (χ3v) is 3.65. The Morgan fingerprint density at radius 1 is 1.38 bits per heavy atom. The fourth-order valence-electron chi connectivity index (χ4n) is 2.08. The molecule has 24 heavy (non-hydrogen) atoms. The summed E-state index contributed by atoms with van der Waals surface area (Å²) in [6, 6.07) is 0.863. The lowest BCUT2D eigenvalue weighted by atomic mass is 10.2. The SMILES string of the molecule is CCOC(=O)c1c(N(C(N)=O)c2c(F)cc(I)cc2F)ncn1C. The molecule has 2 aromatic rings. The van der Waals surface area contributed by atoms with Crippen molar-refractivity contribution in [1.29, 1.82) is 0 Å². The van der Waals surface area contributed by atoms with Gasteiger partial charge in [-0.3, -0.25) is 0 Å². The van der Waals surface area contributed by atoms with Crippen molar-refractivity contribution in [2.75, 3.05) is 11.5 Å². The molecule has 0 bridgehead atoms. The van der Waals surface area contributed by atoms with Crippen LogP contribution in [0.15, 0.2) is 18.5 Å². The third kappa shape index (κ3) is 3.32. The van der Waals surface area contributed by atoms with Crippen LogP contribution in [0, 0.1) is 15.2 Å². The second-order valence-corrected chi connectivity index (χ2v) is 5.89. The Morgan fingerprint density at radius 3 is 2.46 bits per heavy atom. The lowest BCUT2D eigenvalue weighted by molar-refractivity contribution is 0.0516. The van der Waals surface area contributed by atoms with Crippen LogP contribution in [0.2, 0.25) is 0 Å². The Kier molecular flexibility index (Phi) is 5.36. The second kappa shape index (κ2) is 7.11. The van der Waals surface area contributed by atoms with E-state index in [1.807, 2.05) is 0 Å². The van der Waals surface area contributed by atoms with Gasteiger partial charge >= 0.3 is 12.0 Å². The molecule has 2 amide bonds. The van der Waals surface area contributed by atoms with E-state index in [9.17, 15) is 18.4 Å². The van der Waals surface area contributed by atoms with Gasteiger partial charge in [-0.1, -0.05) is 0 Å². The number of esters is 1. The predicted octanol–water partition coefficient (Wildman–Crippen LogP) is 2.70. The maximum atomic E-state index is 14.3. The maximum Gasteiger partial charge on any atom is 0.358 e. The monoisotopic (exact) mass is 450 g/mol. The molecule has 0 saturated carbocycles. The Morgan fingerprint density at radius 2 is 1.96 bits per heavy atom. The van der Waals surface area contributed by atoms with E-state index in [4.69, 9.17) is 10.5 Å². The van der Waals surface area contributed by atoms with Gasteiger partial charge in [-0.15, -0.1) is 0 Å². The van der Waals surface area contributed by atoms with Crippen LogP contribution in [0.1, 0.15) is 17.4 Å². The van der Waals surface area contributed by atoms with Gasteiger partial charge in [0.05, 0.1) is 12.9 Å². The standard InChI is InChI=1S/C14H13F2IN4O3/c1-3-24-13(22)11-12(19-6-20(11)2)21(14(18)23)10-8(15)4-7(17)5-9(10)16/h4-6H,3H2,1-2H3,(H2,18,23). The first-order valence-corrected chi connectivity index (χ1v) is 7.78. The average molecular weight is 450 g/mol. The summed E-state index contributed by atoms with van der Waals surface area (Å²) in [6.45, 7) is 1.67.